The molecule has 1 aliphatic carbocycles. The molecule has 1 heterocycles. The van der Waals surface area contributed by atoms with Gasteiger partial charge < -0.3 is 5.73 Å². The summed E-state index contributed by atoms with van der Waals surface area (Å²) in [6.07, 6.45) is 8.04. The Bertz CT molecular complexity index is 553. The minimum atomic E-state index is 0.0118. The first-order chi connectivity index (χ1) is 9.74. The largest absolute Gasteiger partial charge is 0.322 e. The molecule has 3 nitrogen and oxygen atoms in total. The lowest BCUT2D eigenvalue weighted by Crippen LogP contribution is -2.41. The lowest BCUT2D eigenvalue weighted by atomic mass is 9.64. The minimum Gasteiger partial charge on any atom is -0.322 e. The average molecular weight is 269 g/mol. The number of aryl methyl sites for hydroxylation is 1. The molecular formula is C17H23N3. The van der Waals surface area contributed by atoms with Crippen LogP contribution in [0.5, 0.6) is 0 Å². The van der Waals surface area contributed by atoms with Crippen molar-refractivity contribution in [3.05, 3.63) is 53.9 Å². The van der Waals surface area contributed by atoms with Crippen LogP contribution in [0.4, 0.5) is 0 Å². The quantitative estimate of drug-likeness (QED) is 0.929. The van der Waals surface area contributed by atoms with E-state index in [4.69, 9.17) is 5.73 Å². The second-order valence-electron chi connectivity index (χ2n) is 5.94. The van der Waals surface area contributed by atoms with Crippen LogP contribution in [0.3, 0.4) is 0 Å². The molecule has 0 amide bonds. The molecule has 20 heavy (non-hydrogen) atoms. The highest BCUT2D eigenvalue weighted by atomic mass is 15.3. The van der Waals surface area contributed by atoms with Crippen molar-refractivity contribution < 1.29 is 0 Å². The third kappa shape index (κ3) is 2.16. The van der Waals surface area contributed by atoms with E-state index in [9.17, 15) is 0 Å². The topological polar surface area (TPSA) is 43.8 Å². The molecule has 106 valence electrons. The Morgan fingerprint density at radius 1 is 1.10 bits per heavy atom. The van der Waals surface area contributed by atoms with Crippen molar-refractivity contribution in [2.45, 2.75) is 43.6 Å². The van der Waals surface area contributed by atoms with E-state index in [1.807, 2.05) is 17.9 Å². The number of nitrogens with zero attached hydrogens (tertiary/aromatic N) is 2. The molecule has 0 aliphatic heterocycles. The number of aromatic nitrogens is 2. The van der Waals surface area contributed by atoms with E-state index in [0.717, 1.165) is 5.69 Å². The van der Waals surface area contributed by atoms with Crippen LogP contribution in [0.2, 0.25) is 0 Å². The van der Waals surface area contributed by atoms with Gasteiger partial charge in [0.2, 0.25) is 0 Å². The maximum atomic E-state index is 6.72. The molecule has 2 N–H and O–H groups in total. The summed E-state index contributed by atoms with van der Waals surface area (Å²) in [5, 5.41) is 4.29. The van der Waals surface area contributed by atoms with Crippen LogP contribution in [-0.4, -0.2) is 9.78 Å². The first-order valence-corrected chi connectivity index (χ1v) is 7.53. The standard InChI is InChI=1S/C17H23N3/c1-20-15(10-13-19-20)16(18)17(11-6-3-7-12-17)14-8-4-2-5-9-14/h2,4-5,8-10,13,16H,3,6-7,11-12,18H2,1H3. The van der Waals surface area contributed by atoms with Crippen LogP contribution in [0, 0.1) is 0 Å². The lowest BCUT2D eigenvalue weighted by molar-refractivity contribution is 0.237. The Kier molecular flexibility index (Phi) is 3.62. The van der Waals surface area contributed by atoms with Crippen LogP contribution in [0.1, 0.15) is 49.4 Å². The van der Waals surface area contributed by atoms with Crippen LogP contribution in [0.25, 0.3) is 0 Å². The van der Waals surface area contributed by atoms with Gasteiger partial charge in [0.05, 0.1) is 11.7 Å². The molecule has 1 aromatic heterocycles. The molecular weight excluding hydrogens is 246 g/mol. The van der Waals surface area contributed by atoms with Gasteiger partial charge in [-0.3, -0.25) is 4.68 Å². The molecule has 1 aliphatic rings. The first-order valence-electron chi connectivity index (χ1n) is 7.53. The monoisotopic (exact) mass is 269 g/mol. The van der Waals surface area contributed by atoms with Crippen molar-refractivity contribution >= 4 is 0 Å². The molecule has 1 unspecified atom stereocenters. The second kappa shape index (κ2) is 5.41. The third-order valence-corrected chi connectivity index (χ3v) is 4.87. The highest BCUT2D eigenvalue weighted by Crippen LogP contribution is 2.46. The summed E-state index contributed by atoms with van der Waals surface area (Å²) in [7, 11) is 1.98. The highest BCUT2D eigenvalue weighted by molar-refractivity contribution is 5.31. The van der Waals surface area contributed by atoms with Crippen molar-refractivity contribution in [1.82, 2.24) is 9.78 Å². The second-order valence-corrected chi connectivity index (χ2v) is 5.94. The molecule has 1 saturated carbocycles. The van der Waals surface area contributed by atoms with Gasteiger partial charge in [-0.1, -0.05) is 49.6 Å². The fraction of sp³-hybridized carbons (Fsp3) is 0.471. The van der Waals surface area contributed by atoms with E-state index in [0.29, 0.717) is 0 Å². The van der Waals surface area contributed by atoms with Gasteiger partial charge in [-0.25, -0.2) is 0 Å². The van der Waals surface area contributed by atoms with Crippen molar-refractivity contribution in [2.24, 2.45) is 12.8 Å². The molecule has 0 spiro atoms. The Morgan fingerprint density at radius 2 is 1.80 bits per heavy atom. The lowest BCUT2D eigenvalue weighted by Gasteiger charge is -2.42. The Labute approximate surface area is 120 Å². The molecule has 1 aromatic carbocycles. The molecule has 1 atom stereocenters. The predicted octanol–water partition coefficient (Wildman–Crippen LogP) is 3.32. The summed E-state index contributed by atoms with van der Waals surface area (Å²) in [4.78, 5) is 0. The summed E-state index contributed by atoms with van der Waals surface area (Å²) >= 11 is 0. The normalized spacial score (nSPS) is 19.7. The van der Waals surface area contributed by atoms with Crippen molar-refractivity contribution in [3.8, 4) is 0 Å². The van der Waals surface area contributed by atoms with Gasteiger partial charge in [0.25, 0.3) is 0 Å². The zero-order valence-corrected chi connectivity index (χ0v) is 12.1. The number of hydrogen-bond acceptors (Lipinski definition) is 2. The molecule has 3 rings (SSSR count). The van der Waals surface area contributed by atoms with E-state index in [2.05, 4.69) is 41.5 Å². The van der Waals surface area contributed by atoms with Gasteiger partial charge in [-0.2, -0.15) is 5.10 Å². The summed E-state index contributed by atoms with van der Waals surface area (Å²) in [6.45, 7) is 0. The van der Waals surface area contributed by atoms with Crippen molar-refractivity contribution in [3.63, 3.8) is 0 Å². The number of benzene rings is 1. The predicted molar refractivity (Wildman–Crippen MR) is 81.3 cm³/mol. The van der Waals surface area contributed by atoms with Gasteiger partial charge in [0.1, 0.15) is 0 Å². The van der Waals surface area contributed by atoms with Gasteiger partial charge in [0, 0.05) is 18.7 Å². The van der Waals surface area contributed by atoms with Crippen LogP contribution < -0.4 is 5.73 Å². The smallest absolute Gasteiger partial charge is 0.0565 e. The molecule has 1 fully saturated rings. The maximum absolute atomic E-state index is 6.72. The molecule has 2 aromatic rings. The Balaban J connectivity index is 2.04. The van der Waals surface area contributed by atoms with E-state index in [1.54, 1.807) is 0 Å². The first kappa shape index (κ1) is 13.4. The number of hydrogen-bond donors (Lipinski definition) is 1. The fourth-order valence-corrected chi connectivity index (χ4v) is 3.70. The Morgan fingerprint density at radius 3 is 2.40 bits per heavy atom. The average Bonchev–Trinajstić information content (AvgIpc) is 2.94. The van der Waals surface area contributed by atoms with Gasteiger partial charge >= 0.3 is 0 Å². The van der Waals surface area contributed by atoms with E-state index in [1.165, 1.54) is 37.7 Å². The summed E-state index contributed by atoms with van der Waals surface area (Å²) < 4.78 is 1.92. The van der Waals surface area contributed by atoms with Crippen LogP contribution in [0.15, 0.2) is 42.6 Å². The molecule has 3 heteroatoms. The van der Waals surface area contributed by atoms with Gasteiger partial charge in [-0.15, -0.1) is 0 Å². The summed E-state index contributed by atoms with van der Waals surface area (Å²) in [6, 6.07) is 12.9. The van der Waals surface area contributed by atoms with Gasteiger partial charge in [-0.05, 0) is 24.5 Å². The van der Waals surface area contributed by atoms with Crippen LogP contribution in [-0.2, 0) is 12.5 Å². The highest BCUT2D eigenvalue weighted by Gasteiger charge is 2.41. The van der Waals surface area contributed by atoms with E-state index in [-0.39, 0.29) is 11.5 Å². The maximum Gasteiger partial charge on any atom is 0.0565 e. The molecule has 0 saturated heterocycles. The van der Waals surface area contributed by atoms with Crippen molar-refractivity contribution in [2.75, 3.05) is 0 Å². The fourth-order valence-electron chi connectivity index (χ4n) is 3.70. The minimum absolute atomic E-state index is 0.0118. The zero-order chi connectivity index (χ0) is 14.0. The Hall–Kier alpha value is -1.61. The summed E-state index contributed by atoms with van der Waals surface area (Å²) in [5.74, 6) is 0. The molecule has 0 radical (unpaired) electrons. The third-order valence-electron chi connectivity index (χ3n) is 4.87. The molecule has 0 bridgehead atoms. The number of rotatable bonds is 3. The zero-order valence-electron chi connectivity index (χ0n) is 12.1. The summed E-state index contributed by atoms with van der Waals surface area (Å²) in [5.41, 5.74) is 9.30. The van der Waals surface area contributed by atoms with E-state index >= 15 is 0 Å². The van der Waals surface area contributed by atoms with Crippen LogP contribution >= 0.6 is 0 Å². The SMILES string of the molecule is Cn1nccc1C(N)C1(c2ccccc2)CCCCC1. The van der Waals surface area contributed by atoms with Gasteiger partial charge in [0.15, 0.2) is 0 Å². The van der Waals surface area contributed by atoms with E-state index < -0.39 is 0 Å². The van der Waals surface area contributed by atoms with Crippen molar-refractivity contribution in [1.29, 1.82) is 0 Å². The number of nitrogens with two attached hydrogens (primary N) is 1.